The fourth-order valence-corrected chi connectivity index (χ4v) is 4.34. The zero-order valence-electron chi connectivity index (χ0n) is 20.8. The highest BCUT2D eigenvalue weighted by molar-refractivity contribution is 5.86. The first-order valence-corrected chi connectivity index (χ1v) is 11.9. The van der Waals surface area contributed by atoms with Crippen LogP contribution in [0.2, 0.25) is 0 Å². The molecule has 2 N–H and O–H groups in total. The lowest BCUT2D eigenvalue weighted by Crippen LogP contribution is -2.41. The molecule has 1 atom stereocenters. The summed E-state index contributed by atoms with van der Waals surface area (Å²) in [6.45, 7) is 4.92. The highest BCUT2D eigenvalue weighted by Crippen LogP contribution is 2.30. The number of hydrogen-bond acceptors (Lipinski definition) is 2. The van der Waals surface area contributed by atoms with Gasteiger partial charge in [-0.05, 0) is 46.4 Å². The van der Waals surface area contributed by atoms with Crippen LogP contribution in [0.15, 0.2) is 115 Å². The normalized spacial score (nSPS) is 12.9. The van der Waals surface area contributed by atoms with E-state index in [2.05, 4.69) is 34.9 Å². The second-order valence-electron chi connectivity index (χ2n) is 9.01. The molecule has 0 heterocycles. The van der Waals surface area contributed by atoms with Crippen molar-refractivity contribution < 1.29 is 9.59 Å². The van der Waals surface area contributed by atoms with Gasteiger partial charge >= 0.3 is 0 Å². The lowest BCUT2D eigenvalue weighted by molar-refractivity contribution is -0.120. The van der Waals surface area contributed by atoms with Crippen molar-refractivity contribution >= 4 is 17.5 Å². The Kier molecular flexibility index (Phi) is 7.45. The number of benzene rings is 4. The summed E-state index contributed by atoms with van der Waals surface area (Å²) in [6.07, 6.45) is 1.91. The van der Waals surface area contributed by atoms with Crippen molar-refractivity contribution in [3.8, 4) is 22.3 Å². The van der Waals surface area contributed by atoms with E-state index in [0.717, 1.165) is 33.4 Å². The average molecular weight is 475 g/mol. The minimum atomic E-state index is -0.850. The number of carbonyl (C=O) groups is 2. The molecule has 4 nitrogen and oxygen atoms in total. The molecule has 0 aliphatic heterocycles. The molecule has 4 rings (SSSR count). The molecule has 0 aliphatic rings. The first-order valence-electron chi connectivity index (χ1n) is 11.9. The zero-order valence-corrected chi connectivity index (χ0v) is 20.8. The predicted octanol–water partition coefficient (Wildman–Crippen LogP) is 6.55. The molecule has 2 amide bonds. The summed E-state index contributed by atoms with van der Waals surface area (Å²) in [5, 5.41) is 6.04. The van der Waals surface area contributed by atoms with Crippen molar-refractivity contribution in [3.05, 3.63) is 126 Å². The molecule has 0 fully saturated rings. The van der Waals surface area contributed by atoms with Gasteiger partial charge in [-0.25, -0.2) is 0 Å². The van der Waals surface area contributed by atoms with Crippen LogP contribution in [0.3, 0.4) is 0 Å². The van der Waals surface area contributed by atoms with E-state index >= 15 is 0 Å². The Morgan fingerprint density at radius 1 is 0.611 bits per heavy atom. The Labute approximate surface area is 212 Å². The first kappa shape index (κ1) is 24.7. The van der Waals surface area contributed by atoms with Crippen LogP contribution in [0.4, 0.5) is 0 Å². The minimum Gasteiger partial charge on any atom is -0.344 e. The van der Waals surface area contributed by atoms with Crippen LogP contribution in [-0.4, -0.2) is 11.8 Å². The van der Waals surface area contributed by atoms with Crippen molar-refractivity contribution in [2.24, 2.45) is 0 Å². The maximum atomic E-state index is 12.2. The molecular weight excluding hydrogens is 444 g/mol. The number of nitrogens with one attached hydrogen (secondary N) is 2. The molecule has 0 aliphatic carbocycles. The van der Waals surface area contributed by atoms with Gasteiger partial charge in [-0.2, -0.15) is 0 Å². The van der Waals surface area contributed by atoms with E-state index in [0.29, 0.717) is 5.70 Å². The molecule has 0 spiro atoms. The van der Waals surface area contributed by atoms with Crippen LogP contribution in [0.1, 0.15) is 31.9 Å². The summed E-state index contributed by atoms with van der Waals surface area (Å²) in [5.41, 5.74) is 5.95. The average Bonchev–Trinajstić information content (AvgIpc) is 2.89. The maximum absolute atomic E-state index is 12.2. The van der Waals surface area contributed by atoms with Gasteiger partial charge in [0.2, 0.25) is 11.8 Å². The van der Waals surface area contributed by atoms with Crippen molar-refractivity contribution in [3.63, 3.8) is 0 Å². The fraction of sp³-hybridized carbons (Fsp3) is 0.125. The van der Waals surface area contributed by atoms with Crippen LogP contribution < -0.4 is 10.6 Å². The van der Waals surface area contributed by atoms with Gasteiger partial charge < -0.3 is 10.6 Å². The number of hydrogen-bond donors (Lipinski definition) is 2. The SMILES string of the molecule is CC(=O)N/C(=C\C(C)(NC(C)=O)c1ccc(-c2ccccc2)cc1)c1ccc(-c2ccccc2)cc1. The minimum absolute atomic E-state index is 0.164. The molecule has 0 saturated carbocycles. The summed E-state index contributed by atoms with van der Waals surface area (Å²) >= 11 is 0. The highest BCUT2D eigenvalue weighted by atomic mass is 16.2. The third kappa shape index (κ3) is 5.97. The lowest BCUT2D eigenvalue weighted by Gasteiger charge is -2.29. The van der Waals surface area contributed by atoms with Gasteiger partial charge in [0.05, 0.1) is 5.54 Å². The number of amides is 2. The van der Waals surface area contributed by atoms with Crippen LogP contribution in [0, 0.1) is 0 Å². The number of rotatable bonds is 7. The third-order valence-corrected chi connectivity index (χ3v) is 6.07. The van der Waals surface area contributed by atoms with Crippen LogP contribution in [0.5, 0.6) is 0 Å². The summed E-state index contributed by atoms with van der Waals surface area (Å²) in [5.74, 6) is -0.347. The Morgan fingerprint density at radius 3 is 1.50 bits per heavy atom. The summed E-state index contributed by atoms with van der Waals surface area (Å²) in [6, 6.07) is 36.4. The van der Waals surface area contributed by atoms with E-state index in [1.54, 1.807) is 0 Å². The van der Waals surface area contributed by atoms with E-state index in [-0.39, 0.29) is 11.8 Å². The van der Waals surface area contributed by atoms with Gasteiger partial charge in [-0.3, -0.25) is 9.59 Å². The molecule has 4 heteroatoms. The van der Waals surface area contributed by atoms with Gasteiger partial charge in [0.25, 0.3) is 0 Å². The van der Waals surface area contributed by atoms with E-state index < -0.39 is 5.54 Å². The fourth-order valence-electron chi connectivity index (χ4n) is 4.34. The second kappa shape index (κ2) is 10.9. The van der Waals surface area contributed by atoms with E-state index in [1.165, 1.54) is 13.8 Å². The van der Waals surface area contributed by atoms with E-state index in [9.17, 15) is 9.59 Å². The molecule has 4 aromatic rings. The Bertz CT molecular complexity index is 1360. The molecule has 0 radical (unpaired) electrons. The van der Waals surface area contributed by atoms with Gasteiger partial charge in [0, 0.05) is 19.5 Å². The summed E-state index contributed by atoms with van der Waals surface area (Å²) in [4.78, 5) is 24.4. The molecule has 0 saturated heterocycles. The van der Waals surface area contributed by atoms with Crippen LogP contribution in [0.25, 0.3) is 28.0 Å². The first-order chi connectivity index (χ1) is 17.3. The van der Waals surface area contributed by atoms with Gasteiger partial charge in [-0.15, -0.1) is 0 Å². The summed E-state index contributed by atoms with van der Waals surface area (Å²) in [7, 11) is 0. The Morgan fingerprint density at radius 2 is 1.06 bits per heavy atom. The monoisotopic (exact) mass is 474 g/mol. The zero-order chi connectivity index (χ0) is 25.5. The quantitative estimate of drug-likeness (QED) is 0.319. The largest absolute Gasteiger partial charge is 0.344 e. The molecule has 4 aromatic carbocycles. The van der Waals surface area contributed by atoms with E-state index in [1.807, 2.05) is 97.9 Å². The van der Waals surface area contributed by atoms with Crippen molar-refractivity contribution in [2.75, 3.05) is 0 Å². The molecule has 0 aromatic heterocycles. The molecular formula is C32H30N2O2. The highest BCUT2D eigenvalue weighted by Gasteiger charge is 2.27. The Balaban J connectivity index is 1.73. The number of carbonyl (C=O) groups excluding carboxylic acids is 2. The lowest BCUT2D eigenvalue weighted by atomic mass is 9.88. The summed E-state index contributed by atoms with van der Waals surface area (Å²) < 4.78 is 0. The van der Waals surface area contributed by atoms with Crippen LogP contribution in [-0.2, 0) is 15.1 Å². The van der Waals surface area contributed by atoms with Gasteiger partial charge in [0.1, 0.15) is 0 Å². The second-order valence-corrected chi connectivity index (χ2v) is 9.01. The Hall–Kier alpha value is -4.44. The van der Waals surface area contributed by atoms with Crippen molar-refractivity contribution in [1.29, 1.82) is 0 Å². The topological polar surface area (TPSA) is 58.2 Å². The van der Waals surface area contributed by atoms with Gasteiger partial charge in [0.15, 0.2) is 0 Å². The third-order valence-electron chi connectivity index (χ3n) is 6.07. The van der Waals surface area contributed by atoms with Crippen LogP contribution >= 0.6 is 0 Å². The molecule has 0 bridgehead atoms. The molecule has 180 valence electrons. The molecule has 1 unspecified atom stereocenters. The molecule has 36 heavy (non-hydrogen) atoms. The predicted molar refractivity (Wildman–Crippen MR) is 147 cm³/mol. The van der Waals surface area contributed by atoms with Crippen molar-refractivity contribution in [2.45, 2.75) is 26.3 Å². The van der Waals surface area contributed by atoms with Gasteiger partial charge in [-0.1, -0.05) is 109 Å². The smallest absolute Gasteiger partial charge is 0.221 e. The standard InChI is InChI=1S/C32H30N2O2/c1-23(35)33-31(29-16-14-27(15-17-29)25-10-6-4-7-11-25)22-32(3,34-24(2)36)30-20-18-28(19-21-30)26-12-8-5-9-13-26/h4-22H,1-3H3,(H,33,35)(H,34,36)/b31-22-. The van der Waals surface area contributed by atoms with Crippen molar-refractivity contribution in [1.82, 2.24) is 10.6 Å². The maximum Gasteiger partial charge on any atom is 0.221 e. The van der Waals surface area contributed by atoms with E-state index in [4.69, 9.17) is 0 Å².